The van der Waals surface area contributed by atoms with Gasteiger partial charge in [-0.1, -0.05) is 6.92 Å². The first-order valence-corrected chi connectivity index (χ1v) is 7.07. The molecule has 0 aromatic carbocycles. The highest BCUT2D eigenvalue weighted by atomic mass is 32.1. The minimum absolute atomic E-state index is 0.913. The Morgan fingerprint density at radius 3 is 2.94 bits per heavy atom. The SMILES string of the molecule is CCCNCc1cnc(-c2nc(C)cs2)s1. The topological polar surface area (TPSA) is 37.8 Å². The van der Waals surface area contributed by atoms with E-state index in [1.165, 1.54) is 4.88 Å². The number of aromatic nitrogens is 2. The van der Waals surface area contributed by atoms with Gasteiger partial charge in [0.15, 0.2) is 10.0 Å². The van der Waals surface area contributed by atoms with E-state index < -0.39 is 0 Å². The molecule has 0 unspecified atom stereocenters. The first-order valence-electron chi connectivity index (χ1n) is 5.37. The van der Waals surface area contributed by atoms with Gasteiger partial charge in [-0.2, -0.15) is 0 Å². The minimum Gasteiger partial charge on any atom is -0.312 e. The molecule has 0 atom stereocenters. The molecule has 0 aliphatic rings. The van der Waals surface area contributed by atoms with E-state index in [1.807, 2.05) is 13.1 Å². The van der Waals surface area contributed by atoms with E-state index in [2.05, 4.69) is 27.6 Å². The molecule has 0 spiro atoms. The van der Waals surface area contributed by atoms with Crippen LogP contribution in [-0.4, -0.2) is 16.5 Å². The molecule has 5 heteroatoms. The third kappa shape index (κ3) is 2.87. The van der Waals surface area contributed by atoms with E-state index in [0.717, 1.165) is 35.2 Å². The van der Waals surface area contributed by atoms with Gasteiger partial charge in [0.2, 0.25) is 0 Å². The Hall–Kier alpha value is -0.780. The Morgan fingerprint density at radius 2 is 2.25 bits per heavy atom. The van der Waals surface area contributed by atoms with Crippen LogP contribution in [0.2, 0.25) is 0 Å². The average molecular weight is 253 g/mol. The number of hydrogen-bond donors (Lipinski definition) is 1. The van der Waals surface area contributed by atoms with Crippen LogP contribution in [0.1, 0.15) is 23.9 Å². The predicted molar refractivity (Wildman–Crippen MR) is 70.0 cm³/mol. The Morgan fingerprint density at radius 1 is 1.38 bits per heavy atom. The summed E-state index contributed by atoms with van der Waals surface area (Å²) in [5.41, 5.74) is 1.07. The maximum Gasteiger partial charge on any atom is 0.152 e. The van der Waals surface area contributed by atoms with Crippen LogP contribution < -0.4 is 5.32 Å². The number of nitrogens with zero attached hydrogens (tertiary/aromatic N) is 2. The van der Waals surface area contributed by atoms with Crippen LogP contribution >= 0.6 is 22.7 Å². The van der Waals surface area contributed by atoms with E-state index in [1.54, 1.807) is 22.7 Å². The predicted octanol–water partition coefficient (Wildman–Crippen LogP) is 3.07. The Balaban J connectivity index is 2.02. The summed E-state index contributed by atoms with van der Waals surface area (Å²) in [5, 5.41) is 7.50. The molecule has 2 heterocycles. The molecule has 0 saturated heterocycles. The Kier molecular flexibility index (Phi) is 4.04. The first kappa shape index (κ1) is 11.7. The van der Waals surface area contributed by atoms with E-state index >= 15 is 0 Å². The molecule has 0 saturated carbocycles. The molecule has 1 N–H and O–H groups in total. The average Bonchev–Trinajstić information content (AvgIpc) is 2.87. The lowest BCUT2D eigenvalue weighted by molar-refractivity contribution is 0.681. The van der Waals surface area contributed by atoms with Crippen LogP contribution in [-0.2, 0) is 6.54 Å². The molecular formula is C11H15N3S2. The van der Waals surface area contributed by atoms with Crippen molar-refractivity contribution in [1.29, 1.82) is 0 Å². The normalized spacial score (nSPS) is 10.9. The van der Waals surface area contributed by atoms with Gasteiger partial charge >= 0.3 is 0 Å². The monoisotopic (exact) mass is 253 g/mol. The molecule has 0 aliphatic carbocycles. The maximum absolute atomic E-state index is 4.44. The van der Waals surface area contributed by atoms with Crippen LogP contribution in [0.5, 0.6) is 0 Å². The summed E-state index contributed by atoms with van der Waals surface area (Å²) in [6, 6.07) is 0. The Labute approximate surface area is 104 Å². The quantitative estimate of drug-likeness (QED) is 0.832. The molecule has 0 amide bonds. The second-order valence-corrected chi connectivity index (χ2v) is 5.58. The summed E-state index contributed by atoms with van der Waals surface area (Å²) in [7, 11) is 0. The number of nitrogens with one attached hydrogen (secondary N) is 1. The van der Waals surface area contributed by atoms with Crippen LogP contribution in [0, 0.1) is 6.92 Å². The Bertz CT molecular complexity index is 448. The van der Waals surface area contributed by atoms with Crippen molar-refractivity contribution in [3.8, 4) is 10.0 Å². The molecule has 0 bridgehead atoms. The van der Waals surface area contributed by atoms with Crippen LogP contribution in [0.4, 0.5) is 0 Å². The lowest BCUT2D eigenvalue weighted by Gasteiger charge is -1.97. The standard InChI is InChI=1S/C11H15N3S2/c1-3-4-12-5-9-6-13-10(16-9)11-14-8(2)7-15-11/h6-7,12H,3-5H2,1-2H3. The first-order chi connectivity index (χ1) is 7.79. The molecule has 0 aliphatic heterocycles. The van der Waals surface area contributed by atoms with Crippen molar-refractivity contribution in [1.82, 2.24) is 15.3 Å². The van der Waals surface area contributed by atoms with Gasteiger partial charge in [0.25, 0.3) is 0 Å². The van der Waals surface area contributed by atoms with Crippen molar-refractivity contribution in [2.45, 2.75) is 26.8 Å². The molecular weight excluding hydrogens is 238 g/mol. The van der Waals surface area contributed by atoms with Gasteiger partial charge in [0.1, 0.15) is 0 Å². The molecule has 0 radical (unpaired) electrons. The third-order valence-electron chi connectivity index (χ3n) is 2.08. The van der Waals surface area contributed by atoms with E-state index in [0.29, 0.717) is 0 Å². The van der Waals surface area contributed by atoms with Gasteiger partial charge in [-0.25, -0.2) is 9.97 Å². The number of rotatable bonds is 5. The number of aryl methyl sites for hydroxylation is 1. The van der Waals surface area contributed by atoms with Gasteiger partial charge in [0, 0.05) is 28.7 Å². The zero-order chi connectivity index (χ0) is 11.4. The van der Waals surface area contributed by atoms with E-state index in [9.17, 15) is 0 Å². The molecule has 16 heavy (non-hydrogen) atoms. The lowest BCUT2D eigenvalue weighted by Crippen LogP contribution is -2.12. The third-order valence-corrected chi connectivity index (χ3v) is 4.18. The zero-order valence-electron chi connectivity index (χ0n) is 9.49. The molecule has 2 aromatic heterocycles. The summed E-state index contributed by atoms with van der Waals surface area (Å²) in [5.74, 6) is 0. The smallest absolute Gasteiger partial charge is 0.152 e. The van der Waals surface area contributed by atoms with Gasteiger partial charge in [-0.05, 0) is 19.9 Å². The van der Waals surface area contributed by atoms with E-state index in [4.69, 9.17) is 0 Å². The van der Waals surface area contributed by atoms with Crippen molar-refractivity contribution in [2.24, 2.45) is 0 Å². The highest BCUT2D eigenvalue weighted by molar-refractivity contribution is 7.20. The lowest BCUT2D eigenvalue weighted by atomic mass is 10.4. The minimum atomic E-state index is 0.913. The molecule has 2 aromatic rings. The fourth-order valence-electron chi connectivity index (χ4n) is 1.33. The highest BCUT2D eigenvalue weighted by Gasteiger charge is 2.07. The molecule has 86 valence electrons. The summed E-state index contributed by atoms with van der Waals surface area (Å²) in [4.78, 5) is 10.1. The van der Waals surface area contributed by atoms with Gasteiger partial charge in [-0.15, -0.1) is 22.7 Å². The molecule has 3 nitrogen and oxygen atoms in total. The zero-order valence-corrected chi connectivity index (χ0v) is 11.1. The second kappa shape index (κ2) is 5.52. The summed E-state index contributed by atoms with van der Waals surface area (Å²) in [6.45, 7) is 6.15. The summed E-state index contributed by atoms with van der Waals surface area (Å²) < 4.78 is 0. The summed E-state index contributed by atoms with van der Waals surface area (Å²) >= 11 is 3.38. The van der Waals surface area contributed by atoms with Crippen LogP contribution in [0.25, 0.3) is 10.0 Å². The molecule has 0 fully saturated rings. The van der Waals surface area contributed by atoms with Crippen LogP contribution in [0.15, 0.2) is 11.6 Å². The van der Waals surface area contributed by atoms with E-state index in [-0.39, 0.29) is 0 Å². The van der Waals surface area contributed by atoms with Gasteiger partial charge in [-0.3, -0.25) is 0 Å². The fraction of sp³-hybridized carbons (Fsp3) is 0.455. The fourth-order valence-corrected chi connectivity index (χ4v) is 3.05. The number of hydrogen-bond acceptors (Lipinski definition) is 5. The van der Waals surface area contributed by atoms with Crippen molar-refractivity contribution >= 4 is 22.7 Å². The number of thiazole rings is 2. The van der Waals surface area contributed by atoms with Crippen molar-refractivity contribution < 1.29 is 0 Å². The van der Waals surface area contributed by atoms with Crippen molar-refractivity contribution in [3.63, 3.8) is 0 Å². The van der Waals surface area contributed by atoms with Crippen LogP contribution in [0.3, 0.4) is 0 Å². The van der Waals surface area contributed by atoms with Gasteiger partial charge in [0.05, 0.1) is 0 Å². The second-order valence-electron chi connectivity index (χ2n) is 3.60. The summed E-state index contributed by atoms with van der Waals surface area (Å²) in [6.07, 6.45) is 3.11. The van der Waals surface area contributed by atoms with Gasteiger partial charge < -0.3 is 5.32 Å². The largest absolute Gasteiger partial charge is 0.312 e. The highest BCUT2D eigenvalue weighted by Crippen LogP contribution is 2.27. The molecule has 2 rings (SSSR count). The van der Waals surface area contributed by atoms with Crippen molar-refractivity contribution in [2.75, 3.05) is 6.54 Å². The van der Waals surface area contributed by atoms with Crippen molar-refractivity contribution in [3.05, 3.63) is 22.1 Å². The maximum atomic E-state index is 4.44.